The van der Waals surface area contributed by atoms with Gasteiger partial charge < -0.3 is 4.74 Å². The van der Waals surface area contributed by atoms with Crippen LogP contribution in [0.5, 0.6) is 11.5 Å². The molecule has 0 saturated carbocycles. The fourth-order valence-electron chi connectivity index (χ4n) is 2.52. The van der Waals surface area contributed by atoms with Crippen molar-refractivity contribution >= 4 is 24.1 Å². The van der Waals surface area contributed by atoms with Crippen LogP contribution in [-0.4, -0.2) is 18.0 Å². The zero-order chi connectivity index (χ0) is 22.8. The summed E-state index contributed by atoms with van der Waals surface area (Å²) in [6.07, 6.45) is 3.97. The van der Waals surface area contributed by atoms with Gasteiger partial charge in [0.2, 0.25) is 0 Å². The summed E-state index contributed by atoms with van der Waals surface area (Å²) in [6, 6.07) is 19.3. The number of nitroso groups, excluding NO2 is 1. The first-order valence-electron chi connectivity index (χ1n) is 9.31. The predicted octanol–water partition coefficient (Wildman–Crippen LogP) is 4.19. The molecule has 0 saturated heterocycles. The third-order valence-corrected chi connectivity index (χ3v) is 4.06. The van der Waals surface area contributed by atoms with E-state index in [1.807, 2.05) is 6.07 Å². The summed E-state index contributed by atoms with van der Waals surface area (Å²) < 4.78 is 19.5. The summed E-state index contributed by atoms with van der Waals surface area (Å²) >= 11 is 0. The number of para-hydroxylation sites is 1. The number of hydrogen-bond donors (Lipinski definition) is 2. The summed E-state index contributed by atoms with van der Waals surface area (Å²) in [6.45, 7) is 0. The van der Waals surface area contributed by atoms with Crippen molar-refractivity contribution in [3.63, 3.8) is 0 Å². The lowest BCUT2D eigenvalue weighted by Gasteiger charge is -2.07. The molecule has 0 bridgehead atoms. The van der Waals surface area contributed by atoms with E-state index in [0.717, 1.165) is 6.08 Å². The van der Waals surface area contributed by atoms with E-state index in [4.69, 9.17) is 4.74 Å². The molecule has 8 nitrogen and oxygen atoms in total. The Kier molecular flexibility index (Phi) is 7.53. The topological polar surface area (TPSA) is 109 Å². The molecule has 9 heteroatoms. The van der Waals surface area contributed by atoms with Crippen LogP contribution in [0.15, 0.2) is 89.3 Å². The van der Waals surface area contributed by atoms with Gasteiger partial charge in [-0.25, -0.2) is 15.2 Å². The second-order valence-corrected chi connectivity index (χ2v) is 6.33. The molecule has 0 radical (unpaired) electrons. The molecule has 160 valence electrons. The number of nitrogens with one attached hydrogen (secondary N) is 2. The van der Waals surface area contributed by atoms with E-state index in [1.165, 1.54) is 30.5 Å². The van der Waals surface area contributed by atoms with Gasteiger partial charge in [-0.15, -0.1) is 4.91 Å². The minimum Gasteiger partial charge on any atom is -0.454 e. The van der Waals surface area contributed by atoms with Gasteiger partial charge in [-0.1, -0.05) is 36.4 Å². The molecule has 0 heterocycles. The molecule has 0 spiro atoms. The lowest BCUT2D eigenvalue weighted by atomic mass is 10.1. The van der Waals surface area contributed by atoms with Gasteiger partial charge in [0.25, 0.3) is 11.8 Å². The summed E-state index contributed by atoms with van der Waals surface area (Å²) in [5.74, 6) is -1.11. The minimum atomic E-state index is -0.658. The number of rotatable bonds is 8. The molecule has 32 heavy (non-hydrogen) atoms. The van der Waals surface area contributed by atoms with Crippen LogP contribution in [0.3, 0.4) is 0 Å². The number of carbonyl (C=O) groups is 2. The Morgan fingerprint density at radius 2 is 1.62 bits per heavy atom. The lowest BCUT2D eigenvalue weighted by molar-refractivity contribution is -0.116. The molecule has 0 unspecified atom stereocenters. The molecule has 0 aliphatic carbocycles. The summed E-state index contributed by atoms with van der Waals surface area (Å²) in [7, 11) is 0. The standard InChI is InChI=1S/C23H17FN4O4/c24-20-12-8-17(14-21(20)32-19-4-2-1-3-5-19)15-25-27-23(30)18-10-6-16(7-11-18)9-13-22(29)26-28-31/h1-15H,(H,27,30)(H,26,29,31)/b13-9+,25-15+. The number of carbonyl (C=O) groups excluding carboxylic acids is 2. The fourth-order valence-corrected chi connectivity index (χ4v) is 2.52. The Bertz CT molecular complexity index is 1160. The number of ether oxygens (including phenoxy) is 1. The zero-order valence-electron chi connectivity index (χ0n) is 16.6. The molecule has 3 rings (SSSR count). The van der Waals surface area contributed by atoms with Crippen molar-refractivity contribution in [1.29, 1.82) is 0 Å². The van der Waals surface area contributed by atoms with Gasteiger partial charge in [0.15, 0.2) is 11.6 Å². The van der Waals surface area contributed by atoms with E-state index in [-0.39, 0.29) is 5.75 Å². The number of hydrazone groups is 1. The molecular weight excluding hydrogens is 415 g/mol. The van der Waals surface area contributed by atoms with Crippen molar-refractivity contribution in [2.75, 3.05) is 0 Å². The molecule has 0 atom stereocenters. The van der Waals surface area contributed by atoms with Gasteiger partial charge in [0.1, 0.15) is 5.75 Å². The smallest absolute Gasteiger partial charge is 0.271 e. The molecule has 0 fully saturated rings. The first-order valence-corrected chi connectivity index (χ1v) is 9.31. The van der Waals surface area contributed by atoms with E-state index < -0.39 is 17.6 Å². The van der Waals surface area contributed by atoms with Crippen LogP contribution < -0.4 is 15.6 Å². The first kappa shape index (κ1) is 22.0. The van der Waals surface area contributed by atoms with Gasteiger partial charge in [-0.3, -0.25) is 9.59 Å². The lowest BCUT2D eigenvalue weighted by Crippen LogP contribution is -2.17. The van der Waals surface area contributed by atoms with Crippen molar-refractivity contribution in [2.45, 2.75) is 0 Å². The quantitative estimate of drug-likeness (QED) is 0.241. The monoisotopic (exact) mass is 432 g/mol. The van der Waals surface area contributed by atoms with Gasteiger partial charge >= 0.3 is 0 Å². The van der Waals surface area contributed by atoms with Crippen molar-refractivity contribution < 1.29 is 18.7 Å². The van der Waals surface area contributed by atoms with Crippen molar-refractivity contribution in [2.24, 2.45) is 10.4 Å². The molecule has 2 N–H and O–H groups in total. The fraction of sp³-hybridized carbons (Fsp3) is 0. The van der Waals surface area contributed by atoms with Crippen LogP contribution in [0.2, 0.25) is 0 Å². The SMILES string of the molecule is O=NNC(=O)/C=C/c1ccc(C(=O)N/N=C/c2ccc(F)c(Oc3ccccc3)c2)cc1. The molecule has 3 aromatic carbocycles. The Labute approximate surface area is 182 Å². The highest BCUT2D eigenvalue weighted by Crippen LogP contribution is 2.24. The molecule has 0 aliphatic rings. The summed E-state index contributed by atoms with van der Waals surface area (Å²) in [5, 5.41) is 6.16. The van der Waals surface area contributed by atoms with Crippen molar-refractivity contribution in [1.82, 2.24) is 10.9 Å². The van der Waals surface area contributed by atoms with Crippen LogP contribution in [0.25, 0.3) is 6.08 Å². The maximum absolute atomic E-state index is 14.0. The predicted molar refractivity (Wildman–Crippen MR) is 117 cm³/mol. The van der Waals surface area contributed by atoms with Crippen molar-refractivity contribution in [3.05, 3.63) is 106 Å². The largest absolute Gasteiger partial charge is 0.454 e. The highest BCUT2D eigenvalue weighted by atomic mass is 19.1. The van der Waals surface area contributed by atoms with Crippen LogP contribution in [0.4, 0.5) is 4.39 Å². The first-order chi connectivity index (χ1) is 15.5. The summed E-state index contributed by atoms with van der Waals surface area (Å²) in [4.78, 5) is 33.3. The van der Waals surface area contributed by atoms with Crippen LogP contribution in [-0.2, 0) is 4.79 Å². The van der Waals surface area contributed by atoms with E-state index >= 15 is 0 Å². The number of halogens is 1. The summed E-state index contributed by atoms with van der Waals surface area (Å²) in [5.41, 5.74) is 5.63. The third kappa shape index (κ3) is 6.42. The average Bonchev–Trinajstić information content (AvgIpc) is 2.81. The third-order valence-electron chi connectivity index (χ3n) is 4.06. The number of benzene rings is 3. The maximum atomic E-state index is 14.0. The number of amides is 2. The highest BCUT2D eigenvalue weighted by Gasteiger charge is 2.06. The second-order valence-electron chi connectivity index (χ2n) is 6.33. The molecule has 2 amide bonds. The Balaban J connectivity index is 1.59. The Morgan fingerprint density at radius 3 is 2.34 bits per heavy atom. The maximum Gasteiger partial charge on any atom is 0.271 e. The van der Waals surface area contributed by atoms with Crippen LogP contribution in [0, 0.1) is 10.7 Å². The Morgan fingerprint density at radius 1 is 0.906 bits per heavy atom. The van der Waals surface area contributed by atoms with E-state index in [2.05, 4.69) is 15.8 Å². The van der Waals surface area contributed by atoms with Gasteiger partial charge in [0.05, 0.1) is 11.5 Å². The van der Waals surface area contributed by atoms with E-state index in [9.17, 15) is 18.9 Å². The molecular formula is C23H17FN4O4. The second kappa shape index (κ2) is 10.9. The Hall–Kier alpha value is -4.66. The molecule has 0 aromatic heterocycles. The van der Waals surface area contributed by atoms with Gasteiger partial charge in [-0.2, -0.15) is 5.10 Å². The van der Waals surface area contributed by atoms with Crippen molar-refractivity contribution in [3.8, 4) is 11.5 Å². The normalized spacial score (nSPS) is 10.8. The van der Waals surface area contributed by atoms with E-state index in [0.29, 0.717) is 22.4 Å². The molecule has 0 aliphatic heterocycles. The average molecular weight is 432 g/mol. The highest BCUT2D eigenvalue weighted by molar-refractivity contribution is 5.95. The zero-order valence-corrected chi connectivity index (χ0v) is 16.6. The minimum absolute atomic E-state index is 0.0349. The van der Waals surface area contributed by atoms with Crippen LogP contribution >= 0.6 is 0 Å². The number of nitrogens with zero attached hydrogens (tertiary/aromatic N) is 2. The van der Waals surface area contributed by atoms with Gasteiger partial charge in [0, 0.05) is 11.6 Å². The van der Waals surface area contributed by atoms with Crippen LogP contribution in [0.1, 0.15) is 21.5 Å². The molecule has 3 aromatic rings. The van der Waals surface area contributed by atoms with Gasteiger partial charge in [-0.05, 0) is 53.6 Å². The number of hydrogen-bond acceptors (Lipinski definition) is 6. The van der Waals surface area contributed by atoms with E-state index in [1.54, 1.807) is 54.0 Å².